The van der Waals surface area contributed by atoms with E-state index in [0.717, 1.165) is 29.1 Å². The van der Waals surface area contributed by atoms with Crippen molar-refractivity contribution in [2.24, 2.45) is 5.92 Å². The Morgan fingerprint density at radius 3 is 2.67 bits per heavy atom. The fourth-order valence-electron chi connectivity index (χ4n) is 2.03. The first-order chi connectivity index (χ1) is 8.49. The van der Waals surface area contributed by atoms with Gasteiger partial charge in [0.2, 0.25) is 0 Å². The van der Waals surface area contributed by atoms with Gasteiger partial charge in [-0.3, -0.25) is 0 Å². The molecular weight excluding hydrogens is 228 g/mol. The van der Waals surface area contributed by atoms with Crippen molar-refractivity contribution in [2.75, 3.05) is 0 Å². The molecule has 0 aliphatic carbocycles. The van der Waals surface area contributed by atoms with Crippen molar-refractivity contribution in [3.05, 3.63) is 41.0 Å². The molecule has 0 saturated carbocycles. The Hall–Kier alpha value is -1.55. The zero-order valence-corrected chi connectivity index (χ0v) is 11.3. The maximum Gasteiger partial charge on any atom is 0.138 e. The van der Waals surface area contributed by atoms with Gasteiger partial charge in [-0.05, 0) is 31.4 Å². The first-order valence-electron chi connectivity index (χ1n) is 6.24. The van der Waals surface area contributed by atoms with Crippen molar-refractivity contribution in [3.63, 3.8) is 0 Å². The van der Waals surface area contributed by atoms with Crippen LogP contribution in [0.2, 0.25) is 0 Å². The molecule has 1 unspecified atom stereocenters. The average Bonchev–Trinajstić information content (AvgIpc) is 2.90. The van der Waals surface area contributed by atoms with Crippen LogP contribution in [0.1, 0.15) is 42.5 Å². The summed E-state index contributed by atoms with van der Waals surface area (Å²) in [5.74, 6) is 1.08. The highest BCUT2D eigenvalue weighted by atomic mass is 16.5. The molecule has 0 radical (unpaired) electrons. The third-order valence-corrected chi connectivity index (χ3v) is 3.27. The summed E-state index contributed by atoms with van der Waals surface area (Å²) < 4.78 is 7.20. The molecule has 2 aromatic rings. The molecule has 0 spiro atoms. The van der Waals surface area contributed by atoms with Gasteiger partial charge in [-0.2, -0.15) is 0 Å². The lowest BCUT2D eigenvalue weighted by atomic mass is 10.0. The molecule has 4 nitrogen and oxygen atoms in total. The van der Waals surface area contributed by atoms with E-state index in [1.165, 1.54) is 0 Å². The van der Waals surface area contributed by atoms with Crippen molar-refractivity contribution >= 4 is 0 Å². The van der Waals surface area contributed by atoms with Crippen molar-refractivity contribution in [1.29, 1.82) is 0 Å². The molecule has 0 fully saturated rings. The Labute approximate surface area is 107 Å². The van der Waals surface area contributed by atoms with E-state index in [1.807, 2.05) is 50.7 Å². The lowest BCUT2D eigenvalue weighted by molar-refractivity contribution is 0.127. The Kier molecular flexibility index (Phi) is 3.57. The minimum Gasteiger partial charge on any atom is -0.388 e. The summed E-state index contributed by atoms with van der Waals surface area (Å²) in [6.45, 7) is 8.61. The van der Waals surface area contributed by atoms with Crippen LogP contribution in [0.3, 0.4) is 0 Å². The molecule has 1 N–H and O–H groups in total. The van der Waals surface area contributed by atoms with Crippen LogP contribution in [0, 0.1) is 19.8 Å². The summed E-state index contributed by atoms with van der Waals surface area (Å²) in [6, 6.07) is 1.96. The fraction of sp³-hybridized carbons (Fsp3) is 0.500. The third-order valence-electron chi connectivity index (χ3n) is 3.27. The number of aliphatic hydroxyl groups excluding tert-OH is 1. The van der Waals surface area contributed by atoms with Gasteiger partial charge in [-0.25, -0.2) is 0 Å². The zero-order valence-electron chi connectivity index (χ0n) is 11.3. The van der Waals surface area contributed by atoms with E-state index in [1.54, 1.807) is 0 Å². The van der Waals surface area contributed by atoms with Crippen LogP contribution in [0.15, 0.2) is 23.0 Å². The number of aryl methyl sites for hydroxylation is 2. The van der Waals surface area contributed by atoms with Gasteiger partial charge in [-0.15, -0.1) is 0 Å². The molecule has 4 heteroatoms. The molecule has 1 atom stereocenters. The molecule has 0 aromatic carbocycles. The van der Waals surface area contributed by atoms with Crippen LogP contribution in [0.25, 0.3) is 0 Å². The van der Waals surface area contributed by atoms with Gasteiger partial charge in [0.1, 0.15) is 5.76 Å². The second kappa shape index (κ2) is 4.98. The maximum atomic E-state index is 10.0. The van der Waals surface area contributed by atoms with E-state index < -0.39 is 6.10 Å². The van der Waals surface area contributed by atoms with Crippen molar-refractivity contribution in [1.82, 2.24) is 9.72 Å². The minimum atomic E-state index is -0.407. The highest BCUT2D eigenvalue weighted by Gasteiger charge is 2.14. The first-order valence-corrected chi connectivity index (χ1v) is 6.24. The summed E-state index contributed by atoms with van der Waals surface area (Å²) in [5.41, 5.74) is 2.99. The fourth-order valence-corrected chi connectivity index (χ4v) is 2.03. The summed E-state index contributed by atoms with van der Waals surface area (Å²) >= 11 is 0. The van der Waals surface area contributed by atoms with Gasteiger partial charge in [-0.1, -0.05) is 19.0 Å². The standard InChI is InChI=1S/C14H20N2O2/c1-9(2)14(17)12-5-6-16(7-12)8-13-10(3)15-18-11(13)4/h5-7,9,14,17H,8H2,1-4H3. The zero-order chi connectivity index (χ0) is 13.3. The predicted molar refractivity (Wildman–Crippen MR) is 69.3 cm³/mol. The SMILES string of the molecule is Cc1noc(C)c1Cn1ccc(C(O)C(C)C)c1. The summed E-state index contributed by atoms with van der Waals surface area (Å²) in [5, 5.41) is 13.9. The lowest BCUT2D eigenvalue weighted by Gasteiger charge is -2.12. The van der Waals surface area contributed by atoms with Gasteiger partial charge >= 0.3 is 0 Å². The Morgan fingerprint density at radius 2 is 2.11 bits per heavy atom. The highest BCUT2D eigenvalue weighted by molar-refractivity contribution is 5.23. The van der Waals surface area contributed by atoms with Crippen LogP contribution >= 0.6 is 0 Å². The van der Waals surface area contributed by atoms with Gasteiger partial charge < -0.3 is 14.2 Å². The molecule has 0 bridgehead atoms. The Morgan fingerprint density at radius 1 is 1.39 bits per heavy atom. The molecule has 2 heterocycles. The number of nitrogens with zero attached hydrogens (tertiary/aromatic N) is 2. The van der Waals surface area contributed by atoms with Crippen LogP contribution in [-0.4, -0.2) is 14.8 Å². The van der Waals surface area contributed by atoms with Crippen LogP contribution in [0.5, 0.6) is 0 Å². The number of hydrogen-bond acceptors (Lipinski definition) is 3. The van der Waals surface area contributed by atoms with Gasteiger partial charge in [0.05, 0.1) is 18.3 Å². The molecule has 0 saturated heterocycles. The molecule has 2 aromatic heterocycles. The van der Waals surface area contributed by atoms with Crippen LogP contribution in [0.4, 0.5) is 0 Å². The predicted octanol–water partition coefficient (Wildman–Crippen LogP) is 2.83. The second-order valence-corrected chi connectivity index (χ2v) is 5.11. The van der Waals surface area contributed by atoms with Gasteiger partial charge in [0.15, 0.2) is 0 Å². The largest absolute Gasteiger partial charge is 0.388 e. The molecule has 0 amide bonds. The average molecular weight is 248 g/mol. The summed E-state index contributed by atoms with van der Waals surface area (Å²) in [7, 11) is 0. The quantitative estimate of drug-likeness (QED) is 0.905. The molecule has 0 aliphatic rings. The van der Waals surface area contributed by atoms with Gasteiger partial charge in [0, 0.05) is 18.0 Å². The second-order valence-electron chi connectivity index (χ2n) is 5.11. The third kappa shape index (κ3) is 2.48. The topological polar surface area (TPSA) is 51.2 Å². The highest BCUT2D eigenvalue weighted by Crippen LogP contribution is 2.22. The first kappa shape index (κ1) is 12.9. The van der Waals surface area contributed by atoms with Crippen LogP contribution < -0.4 is 0 Å². The van der Waals surface area contributed by atoms with Crippen molar-refractivity contribution in [3.8, 4) is 0 Å². The van der Waals surface area contributed by atoms with E-state index in [9.17, 15) is 5.11 Å². The number of aromatic nitrogens is 2. The van der Waals surface area contributed by atoms with E-state index in [-0.39, 0.29) is 5.92 Å². The molecule has 98 valence electrons. The molecular formula is C14H20N2O2. The van der Waals surface area contributed by atoms with E-state index in [4.69, 9.17) is 4.52 Å². The van der Waals surface area contributed by atoms with Crippen molar-refractivity contribution < 1.29 is 9.63 Å². The van der Waals surface area contributed by atoms with Crippen molar-refractivity contribution in [2.45, 2.75) is 40.3 Å². The number of aliphatic hydroxyl groups is 1. The molecule has 2 rings (SSSR count). The van der Waals surface area contributed by atoms with E-state index in [0.29, 0.717) is 0 Å². The van der Waals surface area contributed by atoms with Crippen LogP contribution in [-0.2, 0) is 6.54 Å². The van der Waals surface area contributed by atoms with Gasteiger partial charge in [0.25, 0.3) is 0 Å². The molecule has 18 heavy (non-hydrogen) atoms. The summed E-state index contributed by atoms with van der Waals surface area (Å²) in [6.07, 6.45) is 3.56. The number of hydrogen-bond donors (Lipinski definition) is 1. The minimum absolute atomic E-state index is 0.222. The Bertz CT molecular complexity index is 506. The van der Waals surface area contributed by atoms with E-state index in [2.05, 4.69) is 5.16 Å². The van der Waals surface area contributed by atoms with E-state index >= 15 is 0 Å². The molecule has 0 aliphatic heterocycles. The smallest absolute Gasteiger partial charge is 0.138 e. The normalized spacial score (nSPS) is 13.2. The number of rotatable bonds is 4. The maximum absolute atomic E-state index is 10.0. The summed E-state index contributed by atoms with van der Waals surface area (Å²) in [4.78, 5) is 0. The Balaban J connectivity index is 2.17. The lowest BCUT2D eigenvalue weighted by Crippen LogP contribution is -2.04. The monoisotopic (exact) mass is 248 g/mol.